The lowest BCUT2D eigenvalue weighted by atomic mass is 10.0. The molecule has 0 radical (unpaired) electrons. The standard InChI is InChI=1S/C10H9ClFNO2/c11-6-1-2-8(12)7(5-6)10(15)9(14)3-4-13/h1-2,5,9-10,14-15H,3H2. The molecule has 1 rings (SSSR count). The smallest absolute Gasteiger partial charge is 0.129 e. The van der Waals surface area contributed by atoms with Gasteiger partial charge in [-0.3, -0.25) is 0 Å². The Balaban J connectivity index is 2.95. The van der Waals surface area contributed by atoms with Crippen LogP contribution in [-0.2, 0) is 0 Å². The second-order valence-electron chi connectivity index (χ2n) is 3.04. The topological polar surface area (TPSA) is 64.2 Å². The minimum absolute atomic E-state index is 0.106. The third-order valence-electron chi connectivity index (χ3n) is 1.94. The molecule has 80 valence electrons. The van der Waals surface area contributed by atoms with Crippen LogP contribution in [0.4, 0.5) is 4.39 Å². The van der Waals surface area contributed by atoms with Gasteiger partial charge in [-0.25, -0.2) is 4.39 Å². The predicted molar refractivity (Wildman–Crippen MR) is 52.6 cm³/mol. The van der Waals surface area contributed by atoms with Gasteiger partial charge >= 0.3 is 0 Å². The van der Waals surface area contributed by atoms with Gasteiger partial charge in [0.25, 0.3) is 0 Å². The van der Waals surface area contributed by atoms with E-state index < -0.39 is 18.0 Å². The number of benzene rings is 1. The van der Waals surface area contributed by atoms with E-state index in [1.807, 2.05) is 0 Å². The molecule has 0 spiro atoms. The third kappa shape index (κ3) is 2.90. The number of halogens is 2. The van der Waals surface area contributed by atoms with Crippen LogP contribution in [0.25, 0.3) is 0 Å². The summed E-state index contributed by atoms with van der Waals surface area (Å²) in [7, 11) is 0. The average Bonchev–Trinajstić information content (AvgIpc) is 2.21. The maximum Gasteiger partial charge on any atom is 0.129 e. The van der Waals surface area contributed by atoms with E-state index in [0.717, 1.165) is 6.07 Å². The molecule has 2 N–H and O–H groups in total. The first-order chi connectivity index (χ1) is 7.06. The molecule has 15 heavy (non-hydrogen) atoms. The molecule has 0 heterocycles. The van der Waals surface area contributed by atoms with Crippen LogP contribution in [-0.4, -0.2) is 16.3 Å². The van der Waals surface area contributed by atoms with Crippen molar-refractivity contribution in [1.82, 2.24) is 0 Å². The van der Waals surface area contributed by atoms with Gasteiger partial charge in [0.2, 0.25) is 0 Å². The molecule has 1 aromatic carbocycles. The van der Waals surface area contributed by atoms with Crippen molar-refractivity contribution in [1.29, 1.82) is 5.26 Å². The fourth-order valence-corrected chi connectivity index (χ4v) is 1.33. The first-order valence-electron chi connectivity index (χ1n) is 4.24. The minimum atomic E-state index is -1.44. The average molecular weight is 230 g/mol. The Morgan fingerprint density at radius 1 is 1.47 bits per heavy atom. The lowest BCUT2D eigenvalue weighted by Crippen LogP contribution is -2.18. The van der Waals surface area contributed by atoms with Gasteiger partial charge in [-0.1, -0.05) is 11.6 Å². The molecule has 5 heteroatoms. The van der Waals surface area contributed by atoms with E-state index in [9.17, 15) is 14.6 Å². The van der Waals surface area contributed by atoms with Crippen LogP contribution in [0.3, 0.4) is 0 Å². The van der Waals surface area contributed by atoms with Crippen molar-refractivity contribution in [2.45, 2.75) is 18.6 Å². The Morgan fingerprint density at radius 3 is 2.73 bits per heavy atom. The predicted octanol–water partition coefficient (Wildman–Crippen LogP) is 1.79. The van der Waals surface area contributed by atoms with Gasteiger partial charge < -0.3 is 10.2 Å². The molecule has 0 saturated heterocycles. The molecule has 0 saturated carbocycles. The Hall–Kier alpha value is -1.15. The van der Waals surface area contributed by atoms with Gasteiger partial charge in [-0.05, 0) is 18.2 Å². The quantitative estimate of drug-likeness (QED) is 0.831. The van der Waals surface area contributed by atoms with Crippen molar-refractivity contribution in [3.05, 3.63) is 34.6 Å². The number of nitrogens with zero attached hydrogens (tertiary/aromatic N) is 1. The fourth-order valence-electron chi connectivity index (χ4n) is 1.15. The van der Waals surface area contributed by atoms with E-state index in [-0.39, 0.29) is 17.0 Å². The van der Waals surface area contributed by atoms with E-state index in [4.69, 9.17) is 16.9 Å². The zero-order valence-electron chi connectivity index (χ0n) is 7.69. The lowest BCUT2D eigenvalue weighted by Gasteiger charge is -2.16. The molecule has 0 bridgehead atoms. The van der Waals surface area contributed by atoms with Crippen LogP contribution in [0.5, 0.6) is 0 Å². The summed E-state index contributed by atoms with van der Waals surface area (Å²) >= 11 is 5.62. The van der Waals surface area contributed by atoms with Gasteiger partial charge in [-0.2, -0.15) is 5.26 Å². The first-order valence-corrected chi connectivity index (χ1v) is 4.62. The summed E-state index contributed by atoms with van der Waals surface area (Å²) in [5.74, 6) is -0.663. The molecule has 0 aliphatic heterocycles. The van der Waals surface area contributed by atoms with Crippen molar-refractivity contribution in [3.8, 4) is 6.07 Å². The van der Waals surface area contributed by atoms with Crippen molar-refractivity contribution in [2.24, 2.45) is 0 Å². The monoisotopic (exact) mass is 229 g/mol. The van der Waals surface area contributed by atoms with E-state index in [1.54, 1.807) is 6.07 Å². The van der Waals surface area contributed by atoms with Crippen LogP contribution >= 0.6 is 11.6 Å². The van der Waals surface area contributed by atoms with Crippen LogP contribution in [0.1, 0.15) is 18.1 Å². The molecular formula is C10H9ClFNO2. The lowest BCUT2D eigenvalue weighted by molar-refractivity contribution is 0.0195. The summed E-state index contributed by atoms with van der Waals surface area (Å²) in [5, 5.41) is 27.4. The van der Waals surface area contributed by atoms with Crippen molar-refractivity contribution in [2.75, 3.05) is 0 Å². The molecule has 3 nitrogen and oxygen atoms in total. The van der Waals surface area contributed by atoms with Crippen LogP contribution in [0.15, 0.2) is 18.2 Å². The summed E-state index contributed by atoms with van der Waals surface area (Å²) in [5.41, 5.74) is -0.106. The fraction of sp³-hybridized carbons (Fsp3) is 0.300. The molecule has 0 aliphatic carbocycles. The number of aliphatic hydroxyl groups is 2. The molecule has 0 aromatic heterocycles. The van der Waals surface area contributed by atoms with Crippen LogP contribution in [0, 0.1) is 17.1 Å². The summed E-state index contributed by atoms with van der Waals surface area (Å²) in [6, 6.07) is 5.35. The molecule has 2 unspecified atom stereocenters. The van der Waals surface area contributed by atoms with E-state index >= 15 is 0 Å². The second-order valence-corrected chi connectivity index (χ2v) is 3.48. The Kier molecular flexibility index (Phi) is 4.04. The number of aliphatic hydroxyl groups excluding tert-OH is 2. The molecule has 1 aromatic rings. The summed E-state index contributed by atoms with van der Waals surface area (Å²) in [4.78, 5) is 0. The Morgan fingerprint density at radius 2 is 2.13 bits per heavy atom. The van der Waals surface area contributed by atoms with Gasteiger partial charge in [0.1, 0.15) is 11.9 Å². The summed E-state index contributed by atoms with van der Waals surface area (Å²) in [6.07, 6.45) is -3.03. The van der Waals surface area contributed by atoms with Crippen LogP contribution < -0.4 is 0 Å². The number of nitriles is 1. The Labute approximate surface area is 91.3 Å². The first kappa shape index (κ1) is 11.9. The Bertz CT molecular complexity index is 391. The highest BCUT2D eigenvalue weighted by molar-refractivity contribution is 6.30. The SMILES string of the molecule is N#CCC(O)C(O)c1cc(Cl)ccc1F. The summed E-state index contributed by atoms with van der Waals surface area (Å²) < 4.78 is 13.2. The van der Waals surface area contributed by atoms with Crippen molar-refractivity contribution >= 4 is 11.6 Å². The number of rotatable bonds is 3. The number of hydrogen-bond donors (Lipinski definition) is 2. The largest absolute Gasteiger partial charge is 0.389 e. The zero-order valence-corrected chi connectivity index (χ0v) is 8.45. The summed E-state index contributed by atoms with van der Waals surface area (Å²) in [6.45, 7) is 0. The molecule has 0 amide bonds. The van der Waals surface area contributed by atoms with Gasteiger partial charge in [-0.15, -0.1) is 0 Å². The van der Waals surface area contributed by atoms with Crippen molar-refractivity contribution in [3.63, 3.8) is 0 Å². The molecular weight excluding hydrogens is 221 g/mol. The highest BCUT2D eigenvalue weighted by Crippen LogP contribution is 2.24. The van der Waals surface area contributed by atoms with Crippen molar-refractivity contribution < 1.29 is 14.6 Å². The van der Waals surface area contributed by atoms with Gasteiger partial charge in [0.15, 0.2) is 0 Å². The van der Waals surface area contributed by atoms with Gasteiger partial charge in [0.05, 0.1) is 18.6 Å². The maximum absolute atomic E-state index is 13.2. The third-order valence-corrected chi connectivity index (χ3v) is 2.18. The van der Waals surface area contributed by atoms with E-state index in [0.29, 0.717) is 0 Å². The zero-order chi connectivity index (χ0) is 11.4. The minimum Gasteiger partial charge on any atom is -0.389 e. The van der Waals surface area contributed by atoms with Crippen LogP contribution in [0.2, 0.25) is 5.02 Å². The highest BCUT2D eigenvalue weighted by Gasteiger charge is 2.21. The maximum atomic E-state index is 13.2. The second kappa shape index (κ2) is 5.08. The van der Waals surface area contributed by atoms with E-state index in [2.05, 4.69) is 0 Å². The molecule has 0 fully saturated rings. The molecule has 2 atom stereocenters. The number of hydrogen-bond acceptors (Lipinski definition) is 3. The van der Waals surface area contributed by atoms with Gasteiger partial charge in [0, 0.05) is 10.6 Å². The highest BCUT2D eigenvalue weighted by atomic mass is 35.5. The van der Waals surface area contributed by atoms with E-state index in [1.165, 1.54) is 12.1 Å². The normalized spacial score (nSPS) is 14.3. The molecule has 0 aliphatic rings.